The first-order valence-electron chi connectivity index (χ1n) is 10.4. The lowest BCUT2D eigenvalue weighted by atomic mass is 10.1. The number of halogens is 2. The summed E-state index contributed by atoms with van der Waals surface area (Å²) in [5.41, 5.74) is 2.39. The van der Waals surface area contributed by atoms with Crippen LogP contribution in [0.2, 0.25) is 5.02 Å². The van der Waals surface area contributed by atoms with E-state index in [1.165, 1.54) is 5.56 Å². The molecule has 0 radical (unpaired) electrons. The first-order valence-corrected chi connectivity index (χ1v) is 10.8. The number of hydrogen-bond donors (Lipinski definition) is 2. The van der Waals surface area contributed by atoms with Gasteiger partial charge < -0.3 is 20.1 Å². The lowest BCUT2D eigenvalue weighted by molar-refractivity contribution is 0.0322. The Balaban J connectivity index is 0.00000341. The molecule has 3 rings (SSSR count). The number of hydrogen-bond acceptors (Lipinski definition) is 4. The second kappa shape index (κ2) is 14.5. The van der Waals surface area contributed by atoms with Gasteiger partial charge in [0.1, 0.15) is 12.4 Å². The van der Waals surface area contributed by atoms with E-state index < -0.39 is 0 Å². The Bertz CT molecular complexity index is 798. The van der Waals surface area contributed by atoms with E-state index in [4.69, 9.17) is 21.1 Å². The molecule has 6 nitrogen and oxygen atoms in total. The number of morpholine rings is 1. The number of guanidine groups is 1. The van der Waals surface area contributed by atoms with Gasteiger partial charge in [0.25, 0.3) is 0 Å². The summed E-state index contributed by atoms with van der Waals surface area (Å²) < 4.78 is 11.3. The smallest absolute Gasteiger partial charge is 0.191 e. The molecule has 2 aromatic carbocycles. The highest BCUT2D eigenvalue weighted by molar-refractivity contribution is 14.0. The van der Waals surface area contributed by atoms with Crippen LogP contribution >= 0.6 is 35.6 Å². The quantitative estimate of drug-likeness (QED) is 0.280. The van der Waals surface area contributed by atoms with Gasteiger partial charge >= 0.3 is 0 Å². The highest BCUT2D eigenvalue weighted by Gasteiger charge is 2.09. The first kappa shape index (κ1) is 25.7. The van der Waals surface area contributed by atoms with Crippen molar-refractivity contribution in [1.29, 1.82) is 0 Å². The summed E-state index contributed by atoms with van der Waals surface area (Å²) in [6.07, 6.45) is 0.907. The minimum atomic E-state index is 0. The van der Waals surface area contributed by atoms with Crippen LogP contribution in [0.15, 0.2) is 53.5 Å². The largest absolute Gasteiger partial charge is 0.492 e. The summed E-state index contributed by atoms with van der Waals surface area (Å²) >= 11 is 5.93. The Hall–Kier alpha value is -1.55. The zero-order valence-electron chi connectivity index (χ0n) is 18.0. The number of aliphatic imine (C=N–C) groups is 1. The molecule has 0 bridgehead atoms. The highest BCUT2D eigenvalue weighted by atomic mass is 127. The molecule has 1 aliphatic rings. The molecule has 1 saturated heterocycles. The van der Waals surface area contributed by atoms with E-state index in [0.717, 1.165) is 68.1 Å². The monoisotopic (exact) mass is 558 g/mol. The van der Waals surface area contributed by atoms with Gasteiger partial charge in [-0.1, -0.05) is 35.9 Å². The average Bonchev–Trinajstić information content (AvgIpc) is 2.78. The van der Waals surface area contributed by atoms with E-state index in [0.29, 0.717) is 13.2 Å². The van der Waals surface area contributed by atoms with Gasteiger partial charge in [0.15, 0.2) is 5.96 Å². The van der Waals surface area contributed by atoms with Crippen molar-refractivity contribution in [1.82, 2.24) is 15.5 Å². The van der Waals surface area contributed by atoms with Gasteiger partial charge in [0.2, 0.25) is 0 Å². The van der Waals surface area contributed by atoms with Gasteiger partial charge in [-0.3, -0.25) is 9.89 Å². The minimum absolute atomic E-state index is 0. The number of nitrogens with zero attached hydrogens (tertiary/aromatic N) is 2. The Labute approximate surface area is 207 Å². The molecule has 0 amide bonds. The van der Waals surface area contributed by atoms with Crippen molar-refractivity contribution in [2.45, 2.75) is 13.0 Å². The first-order chi connectivity index (χ1) is 14.7. The molecule has 1 heterocycles. The summed E-state index contributed by atoms with van der Waals surface area (Å²) in [5.74, 6) is 1.68. The highest BCUT2D eigenvalue weighted by Crippen LogP contribution is 2.13. The maximum Gasteiger partial charge on any atom is 0.191 e. The van der Waals surface area contributed by atoms with E-state index >= 15 is 0 Å². The number of rotatable bonds is 9. The van der Waals surface area contributed by atoms with Gasteiger partial charge in [0.05, 0.1) is 13.2 Å². The molecular weight excluding hydrogens is 527 g/mol. The lowest BCUT2D eigenvalue weighted by Gasteiger charge is -2.26. The van der Waals surface area contributed by atoms with Crippen LogP contribution < -0.4 is 15.4 Å². The van der Waals surface area contributed by atoms with Crippen LogP contribution in [0.1, 0.15) is 11.1 Å². The third-order valence-electron chi connectivity index (χ3n) is 4.98. The maximum atomic E-state index is 5.94. The number of benzene rings is 2. The molecule has 0 aromatic heterocycles. The SMILES string of the molecule is CN=C(NCCc1ccc(Cl)cc1)NCc1cccc(OCCN2CCOCC2)c1.I. The second-order valence-corrected chi connectivity index (χ2v) is 7.62. The molecular formula is C23H32ClIN4O2. The van der Waals surface area contributed by atoms with Gasteiger partial charge in [-0.2, -0.15) is 0 Å². The molecule has 0 aliphatic carbocycles. The Morgan fingerprint density at radius 2 is 1.87 bits per heavy atom. The van der Waals surface area contributed by atoms with Crippen molar-refractivity contribution in [2.24, 2.45) is 4.99 Å². The van der Waals surface area contributed by atoms with Gasteiger partial charge in [-0.05, 0) is 41.8 Å². The molecule has 2 aromatic rings. The Morgan fingerprint density at radius 3 is 2.61 bits per heavy atom. The van der Waals surface area contributed by atoms with Gasteiger partial charge in [-0.25, -0.2) is 0 Å². The van der Waals surface area contributed by atoms with Crippen molar-refractivity contribution in [3.05, 3.63) is 64.7 Å². The topological polar surface area (TPSA) is 58.1 Å². The Kier molecular flexibility index (Phi) is 12.0. The minimum Gasteiger partial charge on any atom is -0.492 e. The predicted octanol–water partition coefficient (Wildman–Crippen LogP) is 3.58. The standard InChI is InChI=1S/C23H31ClN4O2.HI/c1-25-23(26-10-9-19-5-7-21(24)8-6-19)27-18-20-3-2-4-22(17-20)30-16-13-28-11-14-29-15-12-28;/h2-8,17H,9-16,18H2,1H3,(H2,25,26,27);1H. The fourth-order valence-electron chi connectivity index (χ4n) is 3.25. The zero-order valence-corrected chi connectivity index (χ0v) is 21.1. The van der Waals surface area contributed by atoms with E-state index in [2.05, 4.69) is 32.7 Å². The van der Waals surface area contributed by atoms with E-state index in [1.54, 1.807) is 7.05 Å². The summed E-state index contributed by atoms with van der Waals surface area (Å²) in [4.78, 5) is 6.67. The fraction of sp³-hybridized carbons (Fsp3) is 0.435. The molecule has 8 heteroatoms. The van der Waals surface area contributed by atoms with E-state index in [1.807, 2.05) is 36.4 Å². The molecule has 0 saturated carbocycles. The second-order valence-electron chi connectivity index (χ2n) is 7.18. The third kappa shape index (κ3) is 9.64. The van der Waals surface area contributed by atoms with Crippen molar-refractivity contribution in [2.75, 3.05) is 53.0 Å². The number of nitrogens with one attached hydrogen (secondary N) is 2. The van der Waals surface area contributed by atoms with Crippen molar-refractivity contribution >= 4 is 41.5 Å². The molecule has 1 aliphatic heterocycles. The maximum absolute atomic E-state index is 5.94. The zero-order chi connectivity index (χ0) is 21.0. The normalized spacial score (nSPS) is 14.6. The summed E-state index contributed by atoms with van der Waals surface area (Å²) in [6.45, 7) is 6.69. The molecule has 0 spiro atoms. The Morgan fingerprint density at radius 1 is 1.10 bits per heavy atom. The third-order valence-corrected chi connectivity index (χ3v) is 5.23. The summed E-state index contributed by atoms with van der Waals surface area (Å²) in [7, 11) is 1.78. The summed E-state index contributed by atoms with van der Waals surface area (Å²) in [6, 6.07) is 16.1. The van der Waals surface area contributed by atoms with Crippen molar-refractivity contribution < 1.29 is 9.47 Å². The van der Waals surface area contributed by atoms with Crippen LogP contribution in [0, 0.1) is 0 Å². The number of ether oxygens (including phenoxy) is 2. The molecule has 2 N–H and O–H groups in total. The average molecular weight is 559 g/mol. The lowest BCUT2D eigenvalue weighted by Crippen LogP contribution is -2.38. The van der Waals surface area contributed by atoms with Crippen LogP contribution in [0.25, 0.3) is 0 Å². The summed E-state index contributed by atoms with van der Waals surface area (Å²) in [5, 5.41) is 7.46. The van der Waals surface area contributed by atoms with E-state index in [-0.39, 0.29) is 24.0 Å². The van der Waals surface area contributed by atoms with Crippen LogP contribution in [0.5, 0.6) is 5.75 Å². The van der Waals surface area contributed by atoms with Crippen LogP contribution in [-0.2, 0) is 17.7 Å². The van der Waals surface area contributed by atoms with Crippen LogP contribution in [-0.4, -0.2) is 63.9 Å². The molecule has 1 fully saturated rings. The van der Waals surface area contributed by atoms with Gasteiger partial charge in [-0.15, -0.1) is 24.0 Å². The molecule has 0 unspecified atom stereocenters. The van der Waals surface area contributed by atoms with Gasteiger partial charge in [0, 0.05) is 44.8 Å². The molecule has 31 heavy (non-hydrogen) atoms. The van der Waals surface area contributed by atoms with E-state index in [9.17, 15) is 0 Å². The van der Waals surface area contributed by atoms with Crippen molar-refractivity contribution in [3.63, 3.8) is 0 Å². The fourth-order valence-corrected chi connectivity index (χ4v) is 3.37. The molecule has 170 valence electrons. The predicted molar refractivity (Wildman–Crippen MR) is 138 cm³/mol. The van der Waals surface area contributed by atoms with Crippen LogP contribution in [0.3, 0.4) is 0 Å². The van der Waals surface area contributed by atoms with Crippen molar-refractivity contribution in [3.8, 4) is 5.75 Å². The van der Waals surface area contributed by atoms with Crippen LogP contribution in [0.4, 0.5) is 0 Å². The molecule has 0 atom stereocenters.